The SMILES string of the molecule is CNC(=O)c1c(-c2ccc(F)cc2)oc2cc(N(C)C)c(-c3cc(C)cc(-c4nc5c(o4)C=CC=CCC5)c3)cc12. The number of carbonyl (C=O) groups is 1. The Morgan fingerprint density at radius 3 is 2.51 bits per heavy atom. The third kappa shape index (κ3) is 4.95. The van der Waals surface area contributed by atoms with Gasteiger partial charge in [0.2, 0.25) is 5.89 Å². The fourth-order valence-corrected chi connectivity index (χ4v) is 5.28. The number of fused-ring (bicyclic) bond motifs is 2. The van der Waals surface area contributed by atoms with Crippen molar-refractivity contribution in [3.8, 4) is 33.9 Å². The summed E-state index contributed by atoms with van der Waals surface area (Å²) in [5.74, 6) is 1.11. The molecule has 6 nitrogen and oxygen atoms in total. The van der Waals surface area contributed by atoms with Crippen LogP contribution in [0.2, 0.25) is 0 Å². The molecular weight excluding hydrogens is 517 g/mol. The maximum absolute atomic E-state index is 13.7. The van der Waals surface area contributed by atoms with Gasteiger partial charge in [0.15, 0.2) is 5.76 Å². The van der Waals surface area contributed by atoms with Crippen LogP contribution in [-0.4, -0.2) is 32.0 Å². The predicted molar refractivity (Wildman–Crippen MR) is 161 cm³/mol. The molecule has 0 fully saturated rings. The number of rotatable bonds is 5. The highest BCUT2D eigenvalue weighted by Gasteiger charge is 2.24. The normalized spacial score (nSPS) is 12.7. The van der Waals surface area contributed by atoms with Gasteiger partial charge >= 0.3 is 0 Å². The topological polar surface area (TPSA) is 71.5 Å². The molecule has 0 spiro atoms. The van der Waals surface area contributed by atoms with Gasteiger partial charge < -0.3 is 19.1 Å². The quantitative estimate of drug-likeness (QED) is 0.243. The second-order valence-corrected chi connectivity index (χ2v) is 10.4. The largest absolute Gasteiger partial charge is 0.455 e. The van der Waals surface area contributed by atoms with Crippen molar-refractivity contribution >= 4 is 28.6 Å². The van der Waals surface area contributed by atoms with Gasteiger partial charge in [-0.2, -0.15) is 0 Å². The van der Waals surface area contributed by atoms with E-state index < -0.39 is 0 Å². The van der Waals surface area contributed by atoms with E-state index in [2.05, 4.69) is 29.6 Å². The summed E-state index contributed by atoms with van der Waals surface area (Å²) in [6.07, 6.45) is 9.81. The van der Waals surface area contributed by atoms with Crippen LogP contribution in [0.3, 0.4) is 0 Å². The second-order valence-electron chi connectivity index (χ2n) is 10.4. The number of anilines is 1. The number of oxazole rings is 1. The summed E-state index contributed by atoms with van der Waals surface area (Å²) in [7, 11) is 5.53. The zero-order valence-electron chi connectivity index (χ0n) is 23.4. The van der Waals surface area contributed by atoms with Crippen LogP contribution in [0.25, 0.3) is 51.0 Å². The van der Waals surface area contributed by atoms with Crippen molar-refractivity contribution in [2.75, 3.05) is 26.0 Å². The second kappa shape index (κ2) is 10.6. The number of allylic oxidation sites excluding steroid dienone is 3. The number of carbonyl (C=O) groups excluding carboxylic acids is 1. The van der Waals surface area contributed by atoms with Crippen molar-refractivity contribution in [2.45, 2.75) is 19.8 Å². The van der Waals surface area contributed by atoms with E-state index in [1.54, 1.807) is 19.2 Å². The molecule has 0 unspecified atom stereocenters. The molecule has 6 rings (SSSR count). The van der Waals surface area contributed by atoms with Gasteiger partial charge in [-0.05, 0) is 79.4 Å². The number of amides is 1. The van der Waals surface area contributed by atoms with E-state index in [0.717, 1.165) is 52.2 Å². The van der Waals surface area contributed by atoms with E-state index in [0.29, 0.717) is 33.7 Å². The van der Waals surface area contributed by atoms with Crippen molar-refractivity contribution in [1.82, 2.24) is 10.3 Å². The number of aryl methyl sites for hydroxylation is 2. The van der Waals surface area contributed by atoms with Gasteiger partial charge in [-0.1, -0.05) is 24.3 Å². The number of halogens is 1. The minimum absolute atomic E-state index is 0.281. The number of nitrogens with zero attached hydrogens (tertiary/aromatic N) is 2. The third-order valence-electron chi connectivity index (χ3n) is 7.25. The van der Waals surface area contributed by atoms with Gasteiger partial charge in [0, 0.05) is 55.0 Å². The van der Waals surface area contributed by atoms with E-state index >= 15 is 0 Å². The van der Waals surface area contributed by atoms with E-state index in [-0.39, 0.29) is 11.7 Å². The number of hydrogen-bond donors (Lipinski definition) is 1. The van der Waals surface area contributed by atoms with Crippen molar-refractivity contribution < 1.29 is 18.0 Å². The maximum atomic E-state index is 13.7. The van der Waals surface area contributed by atoms with Gasteiger partial charge in [0.25, 0.3) is 5.91 Å². The summed E-state index contributed by atoms with van der Waals surface area (Å²) in [4.78, 5) is 20.0. The predicted octanol–water partition coefficient (Wildman–Crippen LogP) is 7.81. The van der Waals surface area contributed by atoms with Crippen molar-refractivity contribution in [3.05, 3.63) is 101 Å². The Morgan fingerprint density at radius 1 is 0.976 bits per heavy atom. The number of nitrogens with one attached hydrogen (secondary N) is 1. The van der Waals surface area contributed by atoms with Crippen LogP contribution in [0.1, 0.15) is 33.8 Å². The minimum Gasteiger partial charge on any atom is -0.455 e. The molecule has 1 aliphatic carbocycles. The standard InChI is InChI=1S/C34H30FN3O3/c1-20-15-22(17-23(16-20)34-37-27-9-7-5-6-8-10-29(27)41-34)25-18-26-30(19-28(25)38(3)4)40-32(31(26)33(39)36-2)21-11-13-24(35)14-12-21/h5-6,8,10-19H,7,9H2,1-4H3,(H,36,39). The first kappa shape index (κ1) is 26.3. The lowest BCUT2D eigenvalue weighted by atomic mass is 9.95. The Morgan fingerprint density at radius 2 is 1.76 bits per heavy atom. The zero-order valence-corrected chi connectivity index (χ0v) is 23.4. The molecule has 41 heavy (non-hydrogen) atoms. The highest BCUT2D eigenvalue weighted by atomic mass is 19.1. The smallest absolute Gasteiger partial charge is 0.255 e. The fraction of sp³-hybridized carbons (Fsp3) is 0.176. The number of hydrogen-bond acceptors (Lipinski definition) is 5. The average molecular weight is 548 g/mol. The molecule has 7 heteroatoms. The highest BCUT2D eigenvalue weighted by molar-refractivity contribution is 6.13. The van der Waals surface area contributed by atoms with Crippen molar-refractivity contribution in [2.24, 2.45) is 0 Å². The molecule has 0 aliphatic heterocycles. The van der Waals surface area contributed by atoms with E-state index in [9.17, 15) is 9.18 Å². The van der Waals surface area contributed by atoms with E-state index in [1.807, 2.05) is 56.3 Å². The monoisotopic (exact) mass is 547 g/mol. The van der Waals surface area contributed by atoms with Gasteiger partial charge in [-0.3, -0.25) is 4.79 Å². The van der Waals surface area contributed by atoms with Crippen LogP contribution in [-0.2, 0) is 6.42 Å². The molecule has 206 valence electrons. The number of aromatic nitrogens is 1. The molecule has 0 bridgehead atoms. The van der Waals surface area contributed by atoms with Gasteiger partial charge in [0.05, 0.1) is 11.3 Å². The summed E-state index contributed by atoms with van der Waals surface area (Å²) in [5.41, 5.74) is 7.28. The van der Waals surface area contributed by atoms with Gasteiger partial charge in [0.1, 0.15) is 17.2 Å². The Labute approximate surface area is 237 Å². The summed E-state index contributed by atoms with van der Waals surface area (Å²) in [6, 6.07) is 16.1. The molecule has 1 aliphatic rings. The molecule has 0 radical (unpaired) electrons. The van der Waals surface area contributed by atoms with E-state index in [1.165, 1.54) is 12.1 Å². The first-order valence-corrected chi connectivity index (χ1v) is 13.5. The Bertz CT molecular complexity index is 1840. The molecule has 1 N–H and O–H groups in total. The summed E-state index contributed by atoms with van der Waals surface area (Å²) in [5, 5.41) is 3.41. The summed E-state index contributed by atoms with van der Waals surface area (Å²) < 4.78 is 26.2. The van der Waals surface area contributed by atoms with Crippen molar-refractivity contribution in [1.29, 1.82) is 0 Å². The van der Waals surface area contributed by atoms with Crippen molar-refractivity contribution in [3.63, 3.8) is 0 Å². The van der Waals surface area contributed by atoms with Crippen LogP contribution in [0, 0.1) is 12.7 Å². The molecule has 5 aromatic rings. The molecule has 0 saturated heterocycles. The molecule has 2 aromatic heterocycles. The Balaban J connectivity index is 1.54. The minimum atomic E-state index is -0.357. The first-order valence-electron chi connectivity index (χ1n) is 13.5. The lowest BCUT2D eigenvalue weighted by Crippen LogP contribution is -2.18. The lowest BCUT2D eigenvalue weighted by Gasteiger charge is -2.18. The Kier molecular flexibility index (Phi) is 6.79. The van der Waals surface area contributed by atoms with Crippen LogP contribution in [0.5, 0.6) is 0 Å². The molecule has 0 atom stereocenters. The zero-order chi connectivity index (χ0) is 28.7. The summed E-state index contributed by atoms with van der Waals surface area (Å²) >= 11 is 0. The molecular formula is C34H30FN3O3. The highest BCUT2D eigenvalue weighted by Crippen LogP contribution is 2.41. The average Bonchev–Trinajstić information content (AvgIpc) is 3.52. The molecule has 3 aromatic carbocycles. The lowest BCUT2D eigenvalue weighted by molar-refractivity contribution is 0.0964. The number of furan rings is 1. The maximum Gasteiger partial charge on any atom is 0.255 e. The first-order chi connectivity index (χ1) is 19.8. The van der Waals surface area contributed by atoms with Gasteiger partial charge in [-0.25, -0.2) is 9.37 Å². The molecule has 1 amide bonds. The Hall–Kier alpha value is -4.91. The molecule has 2 heterocycles. The van der Waals surface area contributed by atoms with Crippen LogP contribution in [0.4, 0.5) is 10.1 Å². The van der Waals surface area contributed by atoms with E-state index in [4.69, 9.17) is 13.8 Å². The third-order valence-corrected chi connectivity index (χ3v) is 7.25. The van der Waals surface area contributed by atoms with Crippen LogP contribution < -0.4 is 10.2 Å². The van der Waals surface area contributed by atoms with Crippen LogP contribution >= 0.6 is 0 Å². The van der Waals surface area contributed by atoms with Gasteiger partial charge in [-0.15, -0.1) is 0 Å². The molecule has 0 saturated carbocycles. The summed E-state index contributed by atoms with van der Waals surface area (Å²) in [6.45, 7) is 2.05. The fourth-order valence-electron chi connectivity index (χ4n) is 5.28. The number of benzene rings is 3. The van der Waals surface area contributed by atoms with Crippen LogP contribution in [0.15, 0.2) is 81.7 Å².